The number of nitrogens with two attached hydrogens (primary N) is 1. The van der Waals surface area contributed by atoms with Crippen LogP contribution in [0.15, 0.2) is 0 Å². The molecule has 3 heteroatoms. The smallest absolute Gasteiger partial charge is 0.0240 e. The average Bonchev–Trinajstić information content (AvgIpc) is 3.17. The van der Waals surface area contributed by atoms with Crippen molar-refractivity contribution in [1.82, 2.24) is 9.80 Å². The van der Waals surface area contributed by atoms with Gasteiger partial charge in [0.25, 0.3) is 0 Å². The van der Waals surface area contributed by atoms with Crippen LogP contribution in [0.3, 0.4) is 0 Å². The Morgan fingerprint density at radius 2 is 1.74 bits per heavy atom. The van der Waals surface area contributed by atoms with Crippen LogP contribution in [0.4, 0.5) is 0 Å². The van der Waals surface area contributed by atoms with Crippen molar-refractivity contribution >= 4 is 0 Å². The van der Waals surface area contributed by atoms with E-state index in [1.165, 1.54) is 58.0 Å². The lowest BCUT2D eigenvalue weighted by molar-refractivity contribution is 0.107. The first-order valence-corrected chi connectivity index (χ1v) is 8.46. The Kier molecular flexibility index (Phi) is 4.16. The molecule has 2 unspecified atom stereocenters. The predicted octanol–water partition coefficient (Wildman–Crippen LogP) is 2.20. The molecule has 0 bridgehead atoms. The topological polar surface area (TPSA) is 32.5 Å². The number of likely N-dealkylation sites (N-methyl/N-ethyl adjacent to an activating group) is 1. The van der Waals surface area contributed by atoms with Crippen molar-refractivity contribution < 1.29 is 0 Å². The van der Waals surface area contributed by atoms with Gasteiger partial charge in [0, 0.05) is 36.8 Å². The molecule has 2 atom stereocenters. The van der Waals surface area contributed by atoms with E-state index in [0.29, 0.717) is 6.04 Å². The van der Waals surface area contributed by atoms with Gasteiger partial charge in [-0.15, -0.1) is 0 Å². The Bertz CT molecular complexity index is 294. The summed E-state index contributed by atoms with van der Waals surface area (Å²) in [7, 11) is 0. The van der Waals surface area contributed by atoms with Crippen molar-refractivity contribution in [2.75, 3.05) is 13.1 Å². The molecular formula is C16H31N3. The van der Waals surface area contributed by atoms with Crippen molar-refractivity contribution in [2.45, 2.75) is 89.0 Å². The molecule has 1 heterocycles. The summed E-state index contributed by atoms with van der Waals surface area (Å²) < 4.78 is 0. The zero-order valence-electron chi connectivity index (χ0n) is 12.7. The van der Waals surface area contributed by atoms with E-state index in [2.05, 4.69) is 23.6 Å². The van der Waals surface area contributed by atoms with E-state index in [1.54, 1.807) is 0 Å². The molecule has 3 fully saturated rings. The van der Waals surface area contributed by atoms with Gasteiger partial charge < -0.3 is 5.73 Å². The summed E-state index contributed by atoms with van der Waals surface area (Å²) in [5.74, 6) is 0. The fourth-order valence-electron chi connectivity index (χ4n) is 4.43. The third-order valence-electron chi connectivity index (χ3n) is 5.66. The summed E-state index contributed by atoms with van der Waals surface area (Å²) in [6.07, 6.45) is 9.38. The molecule has 3 nitrogen and oxygen atoms in total. The molecule has 3 rings (SSSR count). The minimum Gasteiger partial charge on any atom is -0.328 e. The molecule has 0 amide bonds. The molecule has 0 aromatic heterocycles. The van der Waals surface area contributed by atoms with Crippen LogP contribution >= 0.6 is 0 Å². The maximum Gasteiger partial charge on any atom is 0.0240 e. The van der Waals surface area contributed by atoms with Gasteiger partial charge >= 0.3 is 0 Å². The van der Waals surface area contributed by atoms with E-state index in [0.717, 1.165) is 24.2 Å². The number of rotatable bonds is 4. The molecule has 1 saturated heterocycles. The van der Waals surface area contributed by atoms with Gasteiger partial charge in [-0.3, -0.25) is 9.80 Å². The lowest BCUT2D eigenvalue weighted by Gasteiger charge is -2.39. The monoisotopic (exact) mass is 265 g/mol. The first kappa shape index (κ1) is 13.8. The molecular weight excluding hydrogens is 234 g/mol. The highest BCUT2D eigenvalue weighted by Gasteiger charge is 2.41. The fraction of sp³-hybridized carbons (Fsp3) is 1.00. The Balaban J connectivity index is 1.59. The SMILES string of the molecule is CCN(C1CCC(N)CC1)C1CC(C)N(C2CC2)C1. The molecule has 2 aliphatic carbocycles. The molecule has 0 aromatic rings. The summed E-state index contributed by atoms with van der Waals surface area (Å²) in [5.41, 5.74) is 6.06. The van der Waals surface area contributed by atoms with Gasteiger partial charge in [0.05, 0.1) is 0 Å². The molecule has 0 spiro atoms. The summed E-state index contributed by atoms with van der Waals surface area (Å²) in [4.78, 5) is 5.59. The van der Waals surface area contributed by atoms with Gasteiger partial charge in [-0.25, -0.2) is 0 Å². The van der Waals surface area contributed by atoms with E-state index in [1.807, 2.05) is 0 Å². The summed E-state index contributed by atoms with van der Waals surface area (Å²) >= 11 is 0. The van der Waals surface area contributed by atoms with E-state index >= 15 is 0 Å². The molecule has 0 radical (unpaired) electrons. The maximum atomic E-state index is 6.06. The highest BCUT2D eigenvalue weighted by atomic mass is 15.3. The second kappa shape index (κ2) is 5.71. The maximum absolute atomic E-state index is 6.06. The number of nitrogens with zero attached hydrogens (tertiary/aromatic N) is 2. The Morgan fingerprint density at radius 1 is 1.05 bits per heavy atom. The van der Waals surface area contributed by atoms with Crippen molar-refractivity contribution in [2.24, 2.45) is 5.73 Å². The van der Waals surface area contributed by atoms with Crippen molar-refractivity contribution in [3.05, 3.63) is 0 Å². The minimum atomic E-state index is 0.473. The average molecular weight is 265 g/mol. The molecule has 1 aliphatic heterocycles. The lowest BCUT2D eigenvalue weighted by atomic mass is 9.89. The lowest BCUT2D eigenvalue weighted by Crippen LogP contribution is -2.47. The predicted molar refractivity (Wildman–Crippen MR) is 80.2 cm³/mol. The Morgan fingerprint density at radius 3 is 2.32 bits per heavy atom. The van der Waals surface area contributed by atoms with Gasteiger partial charge in [0.1, 0.15) is 0 Å². The summed E-state index contributed by atoms with van der Waals surface area (Å²) in [5, 5.41) is 0. The summed E-state index contributed by atoms with van der Waals surface area (Å²) in [6, 6.07) is 3.82. The zero-order valence-corrected chi connectivity index (χ0v) is 12.7. The van der Waals surface area contributed by atoms with Crippen LogP contribution in [0.2, 0.25) is 0 Å². The van der Waals surface area contributed by atoms with E-state index in [-0.39, 0.29) is 0 Å². The molecule has 0 aromatic carbocycles. The summed E-state index contributed by atoms with van der Waals surface area (Å²) in [6.45, 7) is 7.32. The third-order valence-corrected chi connectivity index (χ3v) is 5.66. The molecule has 2 saturated carbocycles. The highest BCUT2D eigenvalue weighted by molar-refractivity contribution is 4.98. The normalized spacial score (nSPS) is 41.1. The molecule has 3 aliphatic rings. The van der Waals surface area contributed by atoms with E-state index in [9.17, 15) is 0 Å². The van der Waals surface area contributed by atoms with Gasteiger partial charge in [-0.1, -0.05) is 6.92 Å². The highest BCUT2D eigenvalue weighted by Crippen LogP contribution is 2.36. The van der Waals surface area contributed by atoms with Crippen LogP contribution in [-0.2, 0) is 0 Å². The van der Waals surface area contributed by atoms with Crippen LogP contribution in [0.25, 0.3) is 0 Å². The Hall–Kier alpha value is -0.120. The first-order chi connectivity index (χ1) is 9.19. The number of likely N-dealkylation sites (tertiary alicyclic amines) is 1. The molecule has 110 valence electrons. The first-order valence-electron chi connectivity index (χ1n) is 8.46. The van der Waals surface area contributed by atoms with E-state index in [4.69, 9.17) is 5.73 Å². The minimum absolute atomic E-state index is 0.473. The number of hydrogen-bond donors (Lipinski definition) is 1. The molecule has 19 heavy (non-hydrogen) atoms. The number of hydrogen-bond acceptors (Lipinski definition) is 3. The van der Waals surface area contributed by atoms with E-state index < -0.39 is 0 Å². The van der Waals surface area contributed by atoms with Crippen molar-refractivity contribution in [3.8, 4) is 0 Å². The standard InChI is InChI=1S/C16H31N3/c1-3-18(14-6-4-13(17)5-7-14)16-10-12(2)19(11-16)15-8-9-15/h12-16H,3-11,17H2,1-2H3. The largest absolute Gasteiger partial charge is 0.328 e. The van der Waals surface area contributed by atoms with Crippen LogP contribution in [0.1, 0.15) is 58.8 Å². The van der Waals surface area contributed by atoms with Crippen molar-refractivity contribution in [3.63, 3.8) is 0 Å². The Labute approximate surface area is 118 Å². The van der Waals surface area contributed by atoms with Crippen LogP contribution in [-0.4, -0.2) is 53.1 Å². The quantitative estimate of drug-likeness (QED) is 0.846. The van der Waals surface area contributed by atoms with Crippen LogP contribution < -0.4 is 5.73 Å². The molecule has 2 N–H and O–H groups in total. The fourth-order valence-corrected chi connectivity index (χ4v) is 4.43. The second-order valence-electron chi connectivity index (χ2n) is 7.07. The van der Waals surface area contributed by atoms with Crippen LogP contribution in [0, 0.1) is 0 Å². The van der Waals surface area contributed by atoms with Gasteiger partial charge in [-0.2, -0.15) is 0 Å². The third kappa shape index (κ3) is 2.98. The van der Waals surface area contributed by atoms with Gasteiger partial charge in [-0.05, 0) is 58.4 Å². The van der Waals surface area contributed by atoms with Crippen molar-refractivity contribution in [1.29, 1.82) is 0 Å². The van der Waals surface area contributed by atoms with Gasteiger partial charge in [0.15, 0.2) is 0 Å². The zero-order chi connectivity index (χ0) is 13.4. The second-order valence-corrected chi connectivity index (χ2v) is 7.07. The van der Waals surface area contributed by atoms with Crippen LogP contribution in [0.5, 0.6) is 0 Å². The van der Waals surface area contributed by atoms with Gasteiger partial charge in [0.2, 0.25) is 0 Å².